The van der Waals surface area contributed by atoms with Crippen molar-refractivity contribution in [3.05, 3.63) is 0 Å². The summed E-state index contributed by atoms with van der Waals surface area (Å²) in [5, 5.41) is 0.630. The average molecular weight is 475 g/mol. The molecule has 0 amide bonds. The molecule has 0 aromatic rings. The van der Waals surface area contributed by atoms with Gasteiger partial charge in [-0.1, -0.05) is 54.4 Å². The van der Waals surface area contributed by atoms with Crippen LogP contribution in [0.5, 0.6) is 0 Å². The number of thiol groups is 1. The molecule has 30 heavy (non-hydrogen) atoms. The van der Waals surface area contributed by atoms with Gasteiger partial charge in [-0.3, -0.25) is 4.55 Å². The van der Waals surface area contributed by atoms with E-state index in [0.717, 1.165) is 47.3 Å². The van der Waals surface area contributed by atoms with E-state index >= 15 is 0 Å². The van der Waals surface area contributed by atoms with Crippen LogP contribution in [0.3, 0.4) is 0 Å². The SMILES string of the molecule is CC1CCC(C(C)C)C(C(S)C2CC(C)CCC2C(C)C)C1.O=S(=O)(O)C(F)(F)F. The zero-order chi connectivity index (χ0) is 23.4. The lowest BCUT2D eigenvalue weighted by atomic mass is 9.61. The summed E-state index contributed by atoms with van der Waals surface area (Å²) in [7, 11) is -5.84. The molecule has 3 nitrogen and oxygen atoms in total. The highest BCUT2D eigenvalue weighted by Gasteiger charge is 2.44. The smallest absolute Gasteiger partial charge is 0.279 e. The fourth-order valence-electron chi connectivity index (χ4n) is 5.65. The molecule has 8 heteroatoms. The summed E-state index contributed by atoms with van der Waals surface area (Å²) < 4.78 is 57.5. The maximum atomic E-state index is 10.7. The van der Waals surface area contributed by atoms with Crippen molar-refractivity contribution in [2.75, 3.05) is 0 Å². The van der Waals surface area contributed by atoms with Gasteiger partial charge in [0.25, 0.3) is 0 Å². The molecule has 0 heterocycles. The molecule has 0 aromatic heterocycles. The van der Waals surface area contributed by atoms with Gasteiger partial charge < -0.3 is 0 Å². The number of halogens is 3. The Labute approximate surface area is 187 Å². The molecule has 0 bridgehead atoms. The van der Waals surface area contributed by atoms with Crippen molar-refractivity contribution in [2.45, 2.75) is 90.8 Å². The van der Waals surface area contributed by atoms with Crippen molar-refractivity contribution in [1.82, 2.24) is 0 Å². The van der Waals surface area contributed by atoms with E-state index in [9.17, 15) is 13.2 Å². The second kappa shape index (κ2) is 11.3. The quantitative estimate of drug-likeness (QED) is 0.260. The molecule has 180 valence electrons. The van der Waals surface area contributed by atoms with Crippen LogP contribution in [0, 0.1) is 47.3 Å². The Morgan fingerprint density at radius 2 is 1.10 bits per heavy atom. The van der Waals surface area contributed by atoms with Crippen LogP contribution in [0.1, 0.15) is 80.1 Å². The first kappa shape index (κ1) is 28.1. The van der Waals surface area contributed by atoms with Crippen LogP contribution in [0.4, 0.5) is 13.2 Å². The summed E-state index contributed by atoms with van der Waals surface area (Å²) in [5.41, 5.74) is -5.53. The maximum Gasteiger partial charge on any atom is 0.522 e. The van der Waals surface area contributed by atoms with E-state index in [0.29, 0.717) is 5.25 Å². The summed E-state index contributed by atoms with van der Waals surface area (Å²) in [6, 6.07) is 0. The minimum absolute atomic E-state index is 0.630. The first-order valence-corrected chi connectivity index (χ1v) is 13.2. The van der Waals surface area contributed by atoms with E-state index < -0.39 is 15.6 Å². The highest BCUT2D eigenvalue weighted by atomic mass is 32.2. The molecule has 0 aromatic carbocycles. The summed E-state index contributed by atoms with van der Waals surface area (Å²) in [6.45, 7) is 14.7. The topological polar surface area (TPSA) is 54.4 Å². The molecule has 2 aliphatic carbocycles. The van der Waals surface area contributed by atoms with Gasteiger partial charge >= 0.3 is 15.6 Å². The van der Waals surface area contributed by atoms with Gasteiger partial charge in [0.2, 0.25) is 0 Å². The highest BCUT2D eigenvalue weighted by molar-refractivity contribution is 7.86. The van der Waals surface area contributed by atoms with Crippen LogP contribution < -0.4 is 0 Å². The first-order valence-electron chi connectivity index (χ1n) is 11.3. The molecule has 2 saturated carbocycles. The van der Waals surface area contributed by atoms with Crippen LogP contribution in [0.2, 0.25) is 0 Å². The van der Waals surface area contributed by atoms with Crippen LogP contribution in [0.25, 0.3) is 0 Å². The van der Waals surface area contributed by atoms with Crippen molar-refractivity contribution < 1.29 is 26.1 Å². The van der Waals surface area contributed by atoms with Gasteiger partial charge in [-0.05, 0) is 73.0 Å². The summed E-state index contributed by atoms with van der Waals surface area (Å²) in [6.07, 6.45) is 8.60. The minimum Gasteiger partial charge on any atom is -0.279 e. The second-order valence-corrected chi connectivity index (χ2v) is 12.4. The van der Waals surface area contributed by atoms with Crippen LogP contribution in [0.15, 0.2) is 0 Å². The Morgan fingerprint density at radius 3 is 1.33 bits per heavy atom. The average Bonchev–Trinajstić information content (AvgIpc) is 2.59. The fourth-order valence-corrected chi connectivity index (χ4v) is 6.34. The van der Waals surface area contributed by atoms with E-state index in [1.807, 2.05) is 0 Å². The molecule has 0 radical (unpaired) electrons. The van der Waals surface area contributed by atoms with E-state index in [-0.39, 0.29) is 0 Å². The highest BCUT2D eigenvalue weighted by Crippen LogP contribution is 2.49. The Morgan fingerprint density at radius 1 is 0.800 bits per heavy atom. The van der Waals surface area contributed by atoms with Crippen LogP contribution in [-0.4, -0.2) is 23.7 Å². The molecule has 1 N–H and O–H groups in total. The lowest BCUT2D eigenvalue weighted by molar-refractivity contribution is -0.0510. The van der Waals surface area contributed by atoms with Crippen LogP contribution in [-0.2, 0) is 10.1 Å². The lowest BCUT2D eigenvalue weighted by Gasteiger charge is -2.47. The molecule has 2 fully saturated rings. The van der Waals surface area contributed by atoms with Crippen molar-refractivity contribution in [3.8, 4) is 0 Å². The summed E-state index contributed by atoms with van der Waals surface area (Å²) in [5.74, 6) is 6.98. The Hall–Kier alpha value is 0.0500. The van der Waals surface area contributed by atoms with Crippen molar-refractivity contribution >= 4 is 22.7 Å². The minimum atomic E-state index is -5.84. The third-order valence-corrected chi connectivity index (χ3v) is 8.67. The third kappa shape index (κ3) is 7.88. The Kier molecular flexibility index (Phi) is 10.5. The molecule has 0 aliphatic heterocycles. The van der Waals surface area contributed by atoms with Gasteiger partial charge in [0.1, 0.15) is 0 Å². The van der Waals surface area contributed by atoms with Crippen molar-refractivity contribution in [3.63, 3.8) is 0 Å². The van der Waals surface area contributed by atoms with E-state index in [1.165, 1.54) is 38.5 Å². The number of rotatable bonds is 4. The number of hydrogen-bond donors (Lipinski definition) is 2. The van der Waals surface area contributed by atoms with Gasteiger partial charge in [0.15, 0.2) is 0 Å². The zero-order valence-electron chi connectivity index (χ0n) is 19.2. The van der Waals surface area contributed by atoms with Gasteiger partial charge in [0, 0.05) is 5.25 Å². The monoisotopic (exact) mass is 474 g/mol. The molecule has 2 rings (SSSR count). The predicted octanol–water partition coefficient (Wildman–Crippen LogP) is 7.10. The van der Waals surface area contributed by atoms with Gasteiger partial charge in [-0.2, -0.15) is 34.2 Å². The normalized spacial score (nSPS) is 34.4. The van der Waals surface area contributed by atoms with Gasteiger partial charge in [-0.25, -0.2) is 0 Å². The third-order valence-electron chi connectivity index (χ3n) is 7.32. The van der Waals surface area contributed by atoms with Crippen molar-refractivity contribution in [1.29, 1.82) is 0 Å². The van der Waals surface area contributed by atoms with Crippen molar-refractivity contribution in [2.24, 2.45) is 47.3 Å². The molecule has 6 unspecified atom stereocenters. The standard InChI is InChI=1S/C21H40S.CHF3O3S/c1-13(2)17-9-7-15(5)11-19(17)21(22)20-12-16(6)8-10-18(20)14(3)4;2-1(3,4)8(5,6)7/h13-22H,7-12H2,1-6H3;(H,5,6,7). The van der Waals surface area contributed by atoms with Gasteiger partial charge in [-0.15, -0.1) is 0 Å². The molecule has 0 saturated heterocycles. The molecular formula is C22H41F3O3S2. The lowest BCUT2D eigenvalue weighted by Crippen LogP contribution is -2.42. The first-order chi connectivity index (χ1) is 13.6. The summed E-state index contributed by atoms with van der Waals surface area (Å²) in [4.78, 5) is 0. The second-order valence-electron chi connectivity index (χ2n) is 10.4. The number of hydrogen-bond acceptors (Lipinski definition) is 3. The van der Waals surface area contributed by atoms with E-state index in [1.54, 1.807) is 0 Å². The number of alkyl halides is 3. The van der Waals surface area contributed by atoms with E-state index in [2.05, 4.69) is 41.5 Å². The van der Waals surface area contributed by atoms with E-state index in [4.69, 9.17) is 25.6 Å². The Balaban J connectivity index is 0.000000479. The molecule has 0 spiro atoms. The maximum absolute atomic E-state index is 10.7. The van der Waals surface area contributed by atoms with Crippen LogP contribution >= 0.6 is 12.6 Å². The molecule has 6 atom stereocenters. The fraction of sp³-hybridized carbons (Fsp3) is 1.00. The Bertz CT molecular complexity index is 588. The zero-order valence-corrected chi connectivity index (χ0v) is 20.9. The largest absolute Gasteiger partial charge is 0.522 e. The van der Waals surface area contributed by atoms with Gasteiger partial charge in [0.05, 0.1) is 0 Å². The molecular weight excluding hydrogens is 433 g/mol. The summed E-state index contributed by atoms with van der Waals surface area (Å²) >= 11 is 5.30. The molecule has 2 aliphatic rings. The predicted molar refractivity (Wildman–Crippen MR) is 120 cm³/mol.